The van der Waals surface area contributed by atoms with Crippen molar-refractivity contribution in [3.63, 3.8) is 0 Å². The number of piperidine rings is 1. The fraction of sp³-hybridized carbons (Fsp3) is 0.579. The molecule has 25 heavy (non-hydrogen) atoms. The molecule has 6 heteroatoms. The first kappa shape index (κ1) is 19.7. The van der Waals surface area contributed by atoms with Crippen LogP contribution in [0.4, 0.5) is 0 Å². The number of amides is 2. The monoisotopic (exact) mass is 365 g/mol. The number of likely N-dealkylation sites (tertiary alicyclic amines) is 1. The van der Waals surface area contributed by atoms with Crippen molar-refractivity contribution in [3.05, 3.63) is 35.4 Å². The predicted molar refractivity (Wildman–Crippen MR) is 101 cm³/mol. The summed E-state index contributed by atoms with van der Waals surface area (Å²) < 4.78 is 0. The number of hydrogen-bond acceptors (Lipinski definition) is 3. The predicted octanol–water partition coefficient (Wildman–Crippen LogP) is 1.84. The minimum Gasteiger partial charge on any atom is -0.355 e. The number of aryl methyl sites for hydroxylation is 1. The van der Waals surface area contributed by atoms with Crippen LogP contribution in [0.2, 0.25) is 0 Å². The van der Waals surface area contributed by atoms with E-state index in [2.05, 4.69) is 29.6 Å². The van der Waals surface area contributed by atoms with Crippen molar-refractivity contribution >= 4 is 24.2 Å². The van der Waals surface area contributed by atoms with E-state index in [1.54, 1.807) is 0 Å². The number of carbonyl (C=O) groups is 2. The molecule has 3 N–H and O–H groups in total. The molecule has 1 aliphatic heterocycles. The third-order valence-electron chi connectivity index (χ3n) is 5.27. The van der Waals surface area contributed by atoms with Crippen molar-refractivity contribution in [2.45, 2.75) is 38.0 Å². The van der Waals surface area contributed by atoms with Crippen molar-refractivity contribution in [3.8, 4) is 0 Å². The van der Waals surface area contributed by atoms with Gasteiger partial charge in [-0.1, -0.05) is 24.3 Å². The van der Waals surface area contributed by atoms with E-state index in [1.165, 1.54) is 11.1 Å². The van der Waals surface area contributed by atoms with Crippen LogP contribution >= 0.6 is 12.4 Å². The molecule has 0 bridgehead atoms. The number of halogens is 1. The Balaban J connectivity index is 0.00000225. The molecule has 2 amide bonds. The van der Waals surface area contributed by atoms with Gasteiger partial charge in [0.1, 0.15) is 0 Å². The molecule has 1 heterocycles. The van der Waals surface area contributed by atoms with Crippen LogP contribution in [0.3, 0.4) is 0 Å². The molecule has 1 aromatic carbocycles. The Morgan fingerprint density at radius 2 is 2.04 bits per heavy atom. The minimum atomic E-state index is -0.0925. The molecule has 1 saturated heterocycles. The molecule has 3 rings (SSSR count). The van der Waals surface area contributed by atoms with E-state index in [0.29, 0.717) is 32.0 Å². The summed E-state index contributed by atoms with van der Waals surface area (Å²) in [5, 5.41) is 2.85. The molecule has 2 atom stereocenters. The van der Waals surface area contributed by atoms with Gasteiger partial charge in [0.05, 0.1) is 5.92 Å². The maximum Gasteiger partial charge on any atom is 0.224 e. The van der Waals surface area contributed by atoms with E-state index < -0.39 is 0 Å². The topological polar surface area (TPSA) is 75.4 Å². The second kappa shape index (κ2) is 9.20. The highest BCUT2D eigenvalue weighted by Crippen LogP contribution is 2.35. The molecule has 138 valence electrons. The number of rotatable bonds is 5. The van der Waals surface area contributed by atoms with Crippen molar-refractivity contribution in [1.82, 2.24) is 10.2 Å². The van der Waals surface area contributed by atoms with Gasteiger partial charge in [-0.25, -0.2) is 0 Å². The lowest BCUT2D eigenvalue weighted by Gasteiger charge is -2.32. The Kier molecular flexibility index (Phi) is 7.26. The standard InChI is InChI=1S/C19H27N3O2.ClH/c20-9-10-21-19(24)16-5-3-11-22(13-16)18(23)12-15-8-7-14-4-1-2-6-17(14)15;/h1-2,4,6,15-16H,3,5,7-13,20H2,(H,21,24);1H. The van der Waals surface area contributed by atoms with Gasteiger partial charge in [-0.15, -0.1) is 12.4 Å². The maximum atomic E-state index is 12.7. The Labute approximate surface area is 155 Å². The summed E-state index contributed by atoms with van der Waals surface area (Å²) in [6, 6.07) is 8.44. The van der Waals surface area contributed by atoms with Gasteiger partial charge < -0.3 is 16.0 Å². The van der Waals surface area contributed by atoms with E-state index in [4.69, 9.17) is 5.73 Å². The fourth-order valence-corrected chi connectivity index (χ4v) is 3.95. The molecule has 2 unspecified atom stereocenters. The van der Waals surface area contributed by atoms with Crippen LogP contribution in [0, 0.1) is 5.92 Å². The second-order valence-electron chi connectivity index (χ2n) is 6.90. The molecule has 0 saturated carbocycles. The summed E-state index contributed by atoms with van der Waals surface area (Å²) >= 11 is 0. The van der Waals surface area contributed by atoms with Gasteiger partial charge in [-0.3, -0.25) is 9.59 Å². The normalized spacial score (nSPS) is 22.0. The summed E-state index contributed by atoms with van der Waals surface area (Å²) in [6.07, 6.45) is 4.44. The van der Waals surface area contributed by atoms with Gasteiger partial charge in [-0.2, -0.15) is 0 Å². The lowest BCUT2D eigenvalue weighted by atomic mass is 9.94. The number of fused-ring (bicyclic) bond motifs is 1. The van der Waals surface area contributed by atoms with Crippen LogP contribution in [0.25, 0.3) is 0 Å². The summed E-state index contributed by atoms with van der Waals surface area (Å²) in [5.74, 6) is 0.461. The molecular formula is C19H28ClN3O2. The van der Waals surface area contributed by atoms with Crippen LogP contribution in [0.1, 0.15) is 42.7 Å². The zero-order chi connectivity index (χ0) is 16.9. The number of benzene rings is 1. The number of carbonyl (C=O) groups excluding carboxylic acids is 2. The SMILES string of the molecule is Cl.NCCNC(=O)C1CCCN(C(=O)CC2CCc3ccccc32)C1. The summed E-state index contributed by atoms with van der Waals surface area (Å²) in [6.45, 7) is 2.27. The number of nitrogens with zero attached hydrogens (tertiary/aromatic N) is 1. The van der Waals surface area contributed by atoms with Crippen molar-refractivity contribution < 1.29 is 9.59 Å². The van der Waals surface area contributed by atoms with Crippen LogP contribution in [0.15, 0.2) is 24.3 Å². The lowest BCUT2D eigenvalue weighted by Crippen LogP contribution is -2.46. The van der Waals surface area contributed by atoms with Gasteiger partial charge in [-0.05, 0) is 42.7 Å². The fourth-order valence-electron chi connectivity index (χ4n) is 3.95. The third-order valence-corrected chi connectivity index (χ3v) is 5.27. The molecular weight excluding hydrogens is 338 g/mol. The Morgan fingerprint density at radius 1 is 1.24 bits per heavy atom. The average Bonchev–Trinajstić information content (AvgIpc) is 3.03. The average molecular weight is 366 g/mol. The minimum absolute atomic E-state index is 0. The van der Waals surface area contributed by atoms with E-state index in [0.717, 1.165) is 32.2 Å². The quantitative estimate of drug-likeness (QED) is 0.836. The first-order valence-electron chi connectivity index (χ1n) is 9.02. The Bertz CT molecular complexity index is 608. The molecule has 0 spiro atoms. The molecule has 0 radical (unpaired) electrons. The lowest BCUT2D eigenvalue weighted by molar-refractivity contribution is -0.136. The largest absolute Gasteiger partial charge is 0.355 e. The summed E-state index contributed by atoms with van der Waals surface area (Å²) in [7, 11) is 0. The maximum absolute atomic E-state index is 12.7. The van der Waals surface area contributed by atoms with Crippen LogP contribution in [-0.2, 0) is 16.0 Å². The second-order valence-corrected chi connectivity index (χ2v) is 6.90. The van der Waals surface area contributed by atoms with E-state index in [-0.39, 0.29) is 30.1 Å². The van der Waals surface area contributed by atoms with Gasteiger partial charge in [0.15, 0.2) is 0 Å². The Hall–Kier alpha value is -1.59. The summed E-state index contributed by atoms with van der Waals surface area (Å²) in [4.78, 5) is 26.7. The third kappa shape index (κ3) is 4.73. The molecule has 1 aliphatic carbocycles. The number of hydrogen-bond donors (Lipinski definition) is 2. The van der Waals surface area contributed by atoms with E-state index in [9.17, 15) is 9.59 Å². The van der Waals surface area contributed by atoms with Gasteiger partial charge in [0.2, 0.25) is 11.8 Å². The van der Waals surface area contributed by atoms with Crippen molar-refractivity contribution in [2.75, 3.05) is 26.2 Å². The molecule has 1 aromatic rings. The van der Waals surface area contributed by atoms with Crippen LogP contribution < -0.4 is 11.1 Å². The zero-order valence-corrected chi connectivity index (χ0v) is 15.4. The highest BCUT2D eigenvalue weighted by atomic mass is 35.5. The first-order chi connectivity index (χ1) is 11.7. The van der Waals surface area contributed by atoms with Gasteiger partial charge >= 0.3 is 0 Å². The zero-order valence-electron chi connectivity index (χ0n) is 14.6. The molecule has 2 aliphatic rings. The van der Waals surface area contributed by atoms with E-state index >= 15 is 0 Å². The van der Waals surface area contributed by atoms with E-state index in [1.807, 2.05) is 4.90 Å². The van der Waals surface area contributed by atoms with Gasteiger partial charge in [0.25, 0.3) is 0 Å². The Morgan fingerprint density at radius 3 is 2.84 bits per heavy atom. The molecule has 5 nitrogen and oxygen atoms in total. The number of nitrogens with one attached hydrogen (secondary N) is 1. The highest BCUT2D eigenvalue weighted by Gasteiger charge is 2.31. The van der Waals surface area contributed by atoms with Crippen LogP contribution in [0.5, 0.6) is 0 Å². The van der Waals surface area contributed by atoms with Crippen molar-refractivity contribution in [2.24, 2.45) is 11.7 Å². The molecule has 0 aromatic heterocycles. The smallest absolute Gasteiger partial charge is 0.224 e. The number of nitrogens with two attached hydrogens (primary N) is 1. The van der Waals surface area contributed by atoms with Gasteiger partial charge in [0, 0.05) is 32.6 Å². The summed E-state index contributed by atoms with van der Waals surface area (Å²) in [5.41, 5.74) is 8.15. The highest BCUT2D eigenvalue weighted by molar-refractivity contribution is 5.85. The van der Waals surface area contributed by atoms with Crippen molar-refractivity contribution in [1.29, 1.82) is 0 Å². The molecule has 1 fully saturated rings. The first-order valence-corrected chi connectivity index (χ1v) is 9.02. The van der Waals surface area contributed by atoms with Crippen LogP contribution in [-0.4, -0.2) is 42.9 Å².